The highest BCUT2D eigenvalue weighted by atomic mass is 35.5. The van der Waals surface area contributed by atoms with E-state index in [0.29, 0.717) is 15.2 Å². The zero-order valence-corrected chi connectivity index (χ0v) is 19.2. The number of para-hydroxylation sites is 1. The Hall–Kier alpha value is -3.10. The monoisotopic (exact) mass is 502 g/mol. The van der Waals surface area contributed by atoms with Crippen molar-refractivity contribution in [2.45, 2.75) is 31.5 Å². The molecule has 1 atom stereocenters. The Labute approximate surface area is 202 Å². The summed E-state index contributed by atoms with van der Waals surface area (Å²) in [5, 5.41) is 3.63. The molecule has 0 spiro atoms. The maximum atomic E-state index is 13.6. The normalized spacial score (nSPS) is 15.7. The van der Waals surface area contributed by atoms with Crippen molar-refractivity contribution in [1.82, 2.24) is 10.3 Å². The number of amides is 1. The largest absolute Gasteiger partial charge is 0.455 e. The lowest BCUT2D eigenvalue weighted by atomic mass is 9.94. The maximum Gasteiger partial charge on any atom is 0.416 e. The fraction of sp³-hybridized carbons (Fsp3) is 0.200. The summed E-state index contributed by atoms with van der Waals surface area (Å²) in [5.74, 6) is -0.343. The SMILES string of the molecule is O=C(N[C@H]1CCCc2cc(Cl)sc21)c1c(Oc2cccc(C(F)(F)F)c2)cnc2ccccc12. The van der Waals surface area contributed by atoms with Gasteiger partial charge >= 0.3 is 6.18 Å². The number of rotatable bonds is 4. The predicted octanol–water partition coefficient (Wildman–Crippen LogP) is 7.57. The Morgan fingerprint density at radius 3 is 2.79 bits per heavy atom. The third kappa shape index (κ3) is 4.48. The molecular formula is C25H18ClF3N2O2S. The fourth-order valence-electron chi connectivity index (χ4n) is 4.19. The second-order valence-corrected chi connectivity index (χ2v) is 9.72. The summed E-state index contributed by atoms with van der Waals surface area (Å²) in [7, 11) is 0. The summed E-state index contributed by atoms with van der Waals surface area (Å²) in [4.78, 5) is 18.9. The first-order valence-corrected chi connectivity index (χ1v) is 11.8. The summed E-state index contributed by atoms with van der Waals surface area (Å²) >= 11 is 7.66. The number of carbonyl (C=O) groups excluding carboxylic acids is 1. The molecule has 0 fully saturated rings. The fourth-order valence-corrected chi connectivity index (χ4v) is 5.60. The number of thiophene rings is 1. The summed E-state index contributed by atoms with van der Waals surface area (Å²) in [5.41, 5.74) is 1.09. The average molecular weight is 503 g/mol. The molecule has 2 aromatic heterocycles. The molecule has 2 heterocycles. The Morgan fingerprint density at radius 1 is 1.15 bits per heavy atom. The molecule has 1 amide bonds. The van der Waals surface area contributed by atoms with E-state index in [4.69, 9.17) is 16.3 Å². The molecule has 34 heavy (non-hydrogen) atoms. The van der Waals surface area contributed by atoms with Gasteiger partial charge in [-0.2, -0.15) is 13.2 Å². The minimum absolute atomic E-state index is 0.0362. The van der Waals surface area contributed by atoms with E-state index in [9.17, 15) is 18.0 Å². The number of ether oxygens (including phenoxy) is 1. The van der Waals surface area contributed by atoms with Gasteiger partial charge in [-0.15, -0.1) is 11.3 Å². The molecule has 1 aliphatic carbocycles. The van der Waals surface area contributed by atoms with Crippen LogP contribution in [0.2, 0.25) is 4.34 Å². The van der Waals surface area contributed by atoms with Gasteiger partial charge in [-0.3, -0.25) is 9.78 Å². The van der Waals surface area contributed by atoms with E-state index in [1.807, 2.05) is 6.07 Å². The number of nitrogens with one attached hydrogen (secondary N) is 1. The van der Waals surface area contributed by atoms with Gasteiger partial charge in [-0.1, -0.05) is 35.9 Å². The number of hydrogen-bond donors (Lipinski definition) is 1. The van der Waals surface area contributed by atoms with Gasteiger partial charge in [0.05, 0.1) is 33.2 Å². The molecule has 0 saturated heterocycles. The van der Waals surface area contributed by atoms with E-state index in [0.717, 1.165) is 41.8 Å². The van der Waals surface area contributed by atoms with E-state index in [1.165, 1.54) is 29.7 Å². The highest BCUT2D eigenvalue weighted by Crippen LogP contribution is 2.39. The lowest BCUT2D eigenvalue weighted by Crippen LogP contribution is -2.30. The molecule has 0 bridgehead atoms. The molecule has 1 aliphatic rings. The number of aryl methyl sites for hydroxylation is 1. The number of alkyl halides is 3. The van der Waals surface area contributed by atoms with Gasteiger partial charge in [0.15, 0.2) is 5.75 Å². The van der Waals surface area contributed by atoms with Crippen molar-refractivity contribution in [1.29, 1.82) is 0 Å². The van der Waals surface area contributed by atoms with Crippen LogP contribution in [0.15, 0.2) is 60.8 Å². The molecule has 5 rings (SSSR count). The van der Waals surface area contributed by atoms with Crippen molar-refractivity contribution < 1.29 is 22.7 Å². The Kier molecular flexibility index (Phi) is 5.95. The molecule has 4 aromatic rings. The third-order valence-electron chi connectivity index (χ3n) is 5.73. The van der Waals surface area contributed by atoms with Crippen LogP contribution in [-0.4, -0.2) is 10.9 Å². The Bertz CT molecular complexity index is 1390. The van der Waals surface area contributed by atoms with Crippen LogP contribution >= 0.6 is 22.9 Å². The smallest absolute Gasteiger partial charge is 0.416 e. The van der Waals surface area contributed by atoms with Gasteiger partial charge < -0.3 is 10.1 Å². The quantitative estimate of drug-likeness (QED) is 0.313. The van der Waals surface area contributed by atoms with E-state index >= 15 is 0 Å². The summed E-state index contributed by atoms with van der Waals surface area (Å²) in [6.45, 7) is 0. The molecule has 0 saturated carbocycles. The van der Waals surface area contributed by atoms with Gasteiger partial charge in [0.2, 0.25) is 0 Å². The standard InChI is InChI=1S/C25H18ClF3N2O2S/c26-21-11-14-5-3-10-19(23(14)34-21)31-24(32)22-17-8-1-2-9-18(17)30-13-20(22)33-16-7-4-6-15(12-16)25(27,28)29/h1-2,4,6-9,11-13,19H,3,5,10H2,(H,31,32)/t19-/m0/s1. The lowest BCUT2D eigenvalue weighted by Gasteiger charge is -2.24. The number of aromatic nitrogens is 1. The van der Waals surface area contributed by atoms with Crippen LogP contribution in [-0.2, 0) is 12.6 Å². The Morgan fingerprint density at radius 2 is 1.97 bits per heavy atom. The van der Waals surface area contributed by atoms with Gasteiger partial charge in [0.1, 0.15) is 5.75 Å². The number of nitrogens with zero attached hydrogens (tertiary/aromatic N) is 1. The first-order chi connectivity index (χ1) is 16.3. The maximum absolute atomic E-state index is 13.6. The zero-order chi connectivity index (χ0) is 23.9. The van der Waals surface area contributed by atoms with E-state index < -0.39 is 11.7 Å². The van der Waals surface area contributed by atoms with E-state index in [-0.39, 0.29) is 29.0 Å². The Balaban J connectivity index is 1.53. The number of hydrogen-bond acceptors (Lipinski definition) is 4. The highest BCUT2D eigenvalue weighted by molar-refractivity contribution is 7.16. The molecule has 0 unspecified atom stereocenters. The average Bonchev–Trinajstić information content (AvgIpc) is 3.20. The molecule has 0 aliphatic heterocycles. The van der Waals surface area contributed by atoms with Crippen LogP contribution in [0.5, 0.6) is 11.5 Å². The van der Waals surface area contributed by atoms with Gasteiger partial charge in [-0.05, 0) is 55.2 Å². The van der Waals surface area contributed by atoms with Crippen LogP contribution in [0.25, 0.3) is 10.9 Å². The molecule has 4 nitrogen and oxygen atoms in total. The molecular weight excluding hydrogens is 485 g/mol. The van der Waals surface area contributed by atoms with E-state index in [1.54, 1.807) is 24.3 Å². The van der Waals surface area contributed by atoms with Crippen molar-refractivity contribution >= 4 is 39.7 Å². The lowest BCUT2D eigenvalue weighted by molar-refractivity contribution is -0.137. The highest BCUT2D eigenvalue weighted by Gasteiger charge is 2.31. The minimum atomic E-state index is -4.51. The summed E-state index contributed by atoms with van der Waals surface area (Å²) < 4.78 is 46.0. The second-order valence-electron chi connectivity index (χ2n) is 8.00. The van der Waals surface area contributed by atoms with Crippen LogP contribution in [0.4, 0.5) is 13.2 Å². The summed E-state index contributed by atoms with van der Waals surface area (Å²) in [6.07, 6.45) is -0.557. The van der Waals surface area contributed by atoms with Crippen molar-refractivity contribution in [3.05, 3.63) is 86.7 Å². The number of carbonyl (C=O) groups is 1. The van der Waals surface area contributed by atoms with Crippen molar-refractivity contribution in [2.75, 3.05) is 0 Å². The van der Waals surface area contributed by atoms with Crippen molar-refractivity contribution in [3.8, 4) is 11.5 Å². The van der Waals surface area contributed by atoms with Gasteiger partial charge in [-0.25, -0.2) is 0 Å². The first kappa shape index (κ1) is 22.7. The van der Waals surface area contributed by atoms with Crippen molar-refractivity contribution in [3.63, 3.8) is 0 Å². The van der Waals surface area contributed by atoms with Gasteiger partial charge in [0, 0.05) is 10.3 Å². The molecule has 2 aromatic carbocycles. The van der Waals surface area contributed by atoms with Gasteiger partial charge in [0.25, 0.3) is 5.91 Å². The van der Waals surface area contributed by atoms with Crippen molar-refractivity contribution in [2.24, 2.45) is 0 Å². The molecule has 174 valence electrons. The van der Waals surface area contributed by atoms with Crippen LogP contribution in [0, 0.1) is 0 Å². The number of benzene rings is 2. The van der Waals surface area contributed by atoms with Crippen LogP contribution in [0.3, 0.4) is 0 Å². The number of pyridine rings is 1. The topological polar surface area (TPSA) is 51.2 Å². The molecule has 9 heteroatoms. The predicted molar refractivity (Wildman–Crippen MR) is 126 cm³/mol. The number of fused-ring (bicyclic) bond motifs is 2. The second kappa shape index (κ2) is 8.92. The molecule has 1 N–H and O–H groups in total. The summed E-state index contributed by atoms with van der Waals surface area (Å²) in [6, 6.07) is 13.3. The van der Waals surface area contributed by atoms with Crippen LogP contribution < -0.4 is 10.1 Å². The van der Waals surface area contributed by atoms with Crippen LogP contribution in [0.1, 0.15) is 45.2 Å². The minimum Gasteiger partial charge on any atom is -0.455 e. The zero-order valence-electron chi connectivity index (χ0n) is 17.7. The number of halogens is 4. The molecule has 0 radical (unpaired) electrons. The van der Waals surface area contributed by atoms with E-state index in [2.05, 4.69) is 10.3 Å². The third-order valence-corrected chi connectivity index (χ3v) is 7.15. The first-order valence-electron chi connectivity index (χ1n) is 10.6.